The minimum absolute atomic E-state index is 0.0269. The van der Waals surface area contributed by atoms with Crippen molar-refractivity contribution in [1.29, 1.82) is 0 Å². The van der Waals surface area contributed by atoms with Crippen LogP contribution in [0.1, 0.15) is 30.5 Å². The molecule has 0 aliphatic carbocycles. The quantitative estimate of drug-likeness (QED) is 0.663. The smallest absolute Gasteiger partial charge is 0.161 e. The summed E-state index contributed by atoms with van der Waals surface area (Å²) in [6.45, 7) is 3.23. The van der Waals surface area contributed by atoms with Gasteiger partial charge in [0.15, 0.2) is 5.17 Å². The van der Waals surface area contributed by atoms with Crippen molar-refractivity contribution in [2.24, 2.45) is 4.99 Å². The predicted molar refractivity (Wildman–Crippen MR) is 105 cm³/mol. The van der Waals surface area contributed by atoms with E-state index in [1.807, 2.05) is 48.3 Å². The van der Waals surface area contributed by atoms with E-state index in [1.165, 1.54) is 0 Å². The van der Waals surface area contributed by atoms with Gasteiger partial charge in [-0.25, -0.2) is 4.99 Å². The van der Waals surface area contributed by atoms with Gasteiger partial charge in [0, 0.05) is 23.6 Å². The molecule has 4 nitrogen and oxygen atoms in total. The lowest BCUT2D eigenvalue weighted by molar-refractivity contribution is 0.277. The molecule has 1 fully saturated rings. The standard InChI is InChI=1S/C21H19N3OS/c1-14-13-24-20(18-11-10-17(25-18)15-7-3-2-4-8-15)19(23-21(24)26-14)16-9-5-6-12-22-16/h2-12,14,19-20H,13H2,1H3. The Labute approximate surface area is 157 Å². The number of amidine groups is 1. The van der Waals surface area contributed by atoms with Crippen molar-refractivity contribution >= 4 is 16.9 Å². The van der Waals surface area contributed by atoms with Crippen LogP contribution in [0.5, 0.6) is 0 Å². The fraction of sp³-hybridized carbons (Fsp3) is 0.238. The molecule has 1 aromatic carbocycles. The molecule has 3 atom stereocenters. The molecule has 2 aliphatic heterocycles. The molecular formula is C21H19N3OS. The average molecular weight is 361 g/mol. The number of furan rings is 1. The Morgan fingerprint density at radius 1 is 1.04 bits per heavy atom. The van der Waals surface area contributed by atoms with Gasteiger partial charge in [0.2, 0.25) is 0 Å². The second-order valence-corrected chi connectivity index (χ2v) is 8.11. The third-order valence-electron chi connectivity index (χ3n) is 4.86. The van der Waals surface area contributed by atoms with E-state index in [-0.39, 0.29) is 12.1 Å². The molecule has 1 saturated heterocycles. The second-order valence-electron chi connectivity index (χ2n) is 6.70. The molecule has 0 saturated carbocycles. The van der Waals surface area contributed by atoms with E-state index in [0.717, 1.165) is 34.5 Å². The van der Waals surface area contributed by atoms with Crippen molar-refractivity contribution in [3.63, 3.8) is 0 Å². The Bertz CT molecular complexity index is 938. The van der Waals surface area contributed by atoms with Gasteiger partial charge in [-0.05, 0) is 24.3 Å². The summed E-state index contributed by atoms with van der Waals surface area (Å²) < 4.78 is 6.30. The predicted octanol–water partition coefficient (Wildman–Crippen LogP) is 4.93. The van der Waals surface area contributed by atoms with Gasteiger partial charge in [-0.15, -0.1) is 0 Å². The summed E-state index contributed by atoms with van der Waals surface area (Å²) in [5.41, 5.74) is 2.08. The molecule has 26 heavy (non-hydrogen) atoms. The van der Waals surface area contributed by atoms with Crippen LogP contribution in [0.25, 0.3) is 11.3 Å². The molecule has 3 aromatic rings. The molecule has 0 radical (unpaired) electrons. The maximum Gasteiger partial charge on any atom is 0.161 e. The third-order valence-corrected chi connectivity index (χ3v) is 5.96. The number of fused-ring (bicyclic) bond motifs is 1. The number of rotatable bonds is 3. The number of pyridine rings is 1. The van der Waals surface area contributed by atoms with Crippen molar-refractivity contribution < 1.29 is 4.42 Å². The Morgan fingerprint density at radius 3 is 2.69 bits per heavy atom. The van der Waals surface area contributed by atoms with Crippen LogP contribution in [0, 0.1) is 0 Å². The van der Waals surface area contributed by atoms with E-state index in [1.54, 1.807) is 0 Å². The number of hydrogen-bond donors (Lipinski definition) is 0. The first kappa shape index (κ1) is 15.7. The first-order valence-corrected chi connectivity index (χ1v) is 9.75. The summed E-state index contributed by atoms with van der Waals surface area (Å²) in [5.74, 6) is 1.85. The number of hydrogen-bond acceptors (Lipinski definition) is 5. The molecule has 4 heterocycles. The molecule has 3 unspecified atom stereocenters. The van der Waals surface area contributed by atoms with Crippen LogP contribution in [-0.4, -0.2) is 26.8 Å². The highest BCUT2D eigenvalue weighted by atomic mass is 32.2. The fourth-order valence-electron chi connectivity index (χ4n) is 3.69. The molecule has 130 valence electrons. The monoisotopic (exact) mass is 361 g/mol. The van der Waals surface area contributed by atoms with Crippen LogP contribution in [0.2, 0.25) is 0 Å². The highest BCUT2D eigenvalue weighted by Gasteiger charge is 2.45. The van der Waals surface area contributed by atoms with Crippen LogP contribution in [0.4, 0.5) is 0 Å². The first-order valence-electron chi connectivity index (χ1n) is 8.87. The summed E-state index contributed by atoms with van der Waals surface area (Å²) >= 11 is 1.84. The van der Waals surface area contributed by atoms with Gasteiger partial charge in [-0.1, -0.05) is 55.1 Å². The molecule has 5 heteroatoms. The van der Waals surface area contributed by atoms with Crippen LogP contribution < -0.4 is 0 Å². The molecule has 5 rings (SSSR count). The normalized spacial score (nSPS) is 24.6. The summed E-state index contributed by atoms with van der Waals surface area (Å²) in [5, 5.41) is 1.65. The fourth-order valence-corrected chi connectivity index (χ4v) is 4.79. The zero-order valence-corrected chi connectivity index (χ0v) is 15.3. The summed E-state index contributed by atoms with van der Waals surface area (Å²) in [4.78, 5) is 11.9. The largest absolute Gasteiger partial charge is 0.459 e. The van der Waals surface area contributed by atoms with Crippen LogP contribution >= 0.6 is 11.8 Å². The Kier molecular flexibility index (Phi) is 3.82. The van der Waals surface area contributed by atoms with Gasteiger partial charge in [0.25, 0.3) is 0 Å². The lowest BCUT2D eigenvalue weighted by Gasteiger charge is -2.25. The lowest BCUT2D eigenvalue weighted by Crippen LogP contribution is -2.28. The van der Waals surface area contributed by atoms with Crippen LogP contribution in [-0.2, 0) is 0 Å². The number of benzene rings is 1. The summed E-state index contributed by atoms with van der Waals surface area (Å²) in [7, 11) is 0. The Hall–Kier alpha value is -2.53. The molecule has 0 bridgehead atoms. The number of thioether (sulfide) groups is 1. The second kappa shape index (κ2) is 6.32. The van der Waals surface area contributed by atoms with Crippen molar-refractivity contribution in [3.05, 3.63) is 78.3 Å². The van der Waals surface area contributed by atoms with Crippen molar-refractivity contribution in [2.45, 2.75) is 24.3 Å². The topological polar surface area (TPSA) is 41.6 Å². The highest BCUT2D eigenvalue weighted by molar-refractivity contribution is 8.14. The Balaban J connectivity index is 1.54. The van der Waals surface area contributed by atoms with E-state index in [0.29, 0.717) is 5.25 Å². The van der Waals surface area contributed by atoms with E-state index >= 15 is 0 Å². The number of nitrogens with zero attached hydrogens (tertiary/aromatic N) is 3. The van der Waals surface area contributed by atoms with E-state index in [9.17, 15) is 0 Å². The minimum atomic E-state index is -0.0269. The molecule has 0 amide bonds. The molecule has 0 N–H and O–H groups in total. The maximum atomic E-state index is 6.30. The highest BCUT2D eigenvalue weighted by Crippen LogP contribution is 2.48. The minimum Gasteiger partial charge on any atom is -0.459 e. The van der Waals surface area contributed by atoms with Crippen LogP contribution in [0.3, 0.4) is 0 Å². The maximum absolute atomic E-state index is 6.30. The van der Waals surface area contributed by atoms with E-state index in [4.69, 9.17) is 9.41 Å². The van der Waals surface area contributed by atoms with Crippen LogP contribution in [0.15, 0.2) is 76.3 Å². The van der Waals surface area contributed by atoms with Gasteiger partial charge >= 0.3 is 0 Å². The summed E-state index contributed by atoms with van der Waals surface area (Å²) in [6.07, 6.45) is 1.84. The van der Waals surface area contributed by atoms with E-state index < -0.39 is 0 Å². The number of aliphatic imine (C=N–C) groups is 1. The SMILES string of the molecule is CC1CN2C(=NC(c3ccccn3)C2c2ccc(-c3ccccc3)o2)S1. The van der Waals surface area contributed by atoms with Crippen molar-refractivity contribution in [2.75, 3.05) is 6.54 Å². The van der Waals surface area contributed by atoms with Gasteiger partial charge in [-0.2, -0.15) is 0 Å². The van der Waals surface area contributed by atoms with Gasteiger partial charge in [0.1, 0.15) is 23.6 Å². The number of aromatic nitrogens is 1. The van der Waals surface area contributed by atoms with Gasteiger partial charge < -0.3 is 9.32 Å². The average Bonchev–Trinajstić information content (AvgIpc) is 3.37. The zero-order valence-electron chi connectivity index (χ0n) is 14.4. The van der Waals surface area contributed by atoms with E-state index in [2.05, 4.69) is 47.1 Å². The van der Waals surface area contributed by atoms with Crippen molar-refractivity contribution in [1.82, 2.24) is 9.88 Å². The van der Waals surface area contributed by atoms with Gasteiger partial charge in [-0.3, -0.25) is 4.98 Å². The van der Waals surface area contributed by atoms with Crippen molar-refractivity contribution in [3.8, 4) is 11.3 Å². The zero-order chi connectivity index (χ0) is 17.5. The summed E-state index contributed by atoms with van der Waals surface area (Å²) in [6, 6.07) is 20.4. The molecule has 2 aromatic heterocycles. The third kappa shape index (κ3) is 2.63. The van der Waals surface area contributed by atoms with Gasteiger partial charge in [0.05, 0.1) is 5.69 Å². The molecule has 2 aliphatic rings. The Morgan fingerprint density at radius 2 is 1.88 bits per heavy atom. The molecule has 0 spiro atoms. The lowest BCUT2D eigenvalue weighted by atomic mass is 10.0. The molecular weight excluding hydrogens is 342 g/mol. The first-order chi connectivity index (χ1) is 12.8.